The monoisotopic (exact) mass is 544 g/mol. The molecule has 0 aliphatic carbocycles. The minimum Gasteiger partial charge on any atom is -0.493 e. The number of rotatable bonds is 8. The first kappa shape index (κ1) is 19.5. The van der Waals surface area contributed by atoms with E-state index in [2.05, 4.69) is 0 Å². The molecule has 8 heteroatoms. The lowest BCUT2D eigenvalue weighted by molar-refractivity contribution is 0.118. The second kappa shape index (κ2) is 14.2. The van der Waals surface area contributed by atoms with Crippen LogP contribution in [0.1, 0.15) is 33.7 Å². The molecular formula is C28H32Cl2F2N2O2. The Morgan fingerprint density at radius 2 is 1.33 bits per heavy atom. The predicted molar refractivity (Wildman–Crippen MR) is 146 cm³/mol. The molecule has 0 bridgehead atoms. The van der Waals surface area contributed by atoms with E-state index in [0.717, 1.165) is 24.3 Å². The van der Waals surface area contributed by atoms with Crippen molar-refractivity contribution >= 4 is 30.9 Å². The second-order valence-electron chi connectivity index (χ2n) is 7.45. The predicted octanol–water partition coefficient (Wildman–Crippen LogP) is 6.25. The summed E-state index contributed by atoms with van der Waals surface area (Å²) in [7, 11) is 2.94. The van der Waals surface area contributed by atoms with Gasteiger partial charge in [-0.1, -0.05) is 42.5 Å². The number of methoxy groups -OCH3 is 2. The van der Waals surface area contributed by atoms with Crippen LogP contribution in [-0.4, -0.2) is 56.6 Å². The number of halogens is 4. The third kappa shape index (κ3) is 7.43. The molecule has 1 aliphatic heterocycles. The first-order valence-electron chi connectivity index (χ1n) is 14.6. The summed E-state index contributed by atoms with van der Waals surface area (Å²) in [6.07, 6.45) is 2.95. The summed E-state index contributed by atoms with van der Waals surface area (Å²) < 4.78 is 109. The Balaban J connectivity index is 0.00000337. The van der Waals surface area contributed by atoms with Crippen molar-refractivity contribution in [2.24, 2.45) is 0 Å². The topological polar surface area (TPSA) is 24.9 Å². The van der Waals surface area contributed by atoms with E-state index in [1.54, 1.807) is 24.3 Å². The third-order valence-corrected chi connectivity index (χ3v) is 5.25. The van der Waals surface area contributed by atoms with Gasteiger partial charge in [-0.25, -0.2) is 8.78 Å². The van der Waals surface area contributed by atoms with Gasteiger partial charge >= 0.3 is 0 Å². The fourth-order valence-corrected chi connectivity index (χ4v) is 3.54. The largest absolute Gasteiger partial charge is 0.493 e. The van der Waals surface area contributed by atoms with Gasteiger partial charge in [0, 0.05) is 43.5 Å². The molecule has 0 radical (unpaired) electrons. The summed E-state index contributed by atoms with van der Waals surface area (Å²) in [4.78, 5) is 0.981. The van der Waals surface area contributed by atoms with Gasteiger partial charge in [0.1, 0.15) is 11.6 Å². The van der Waals surface area contributed by atoms with Crippen LogP contribution < -0.4 is 9.47 Å². The number of hydrogen-bond acceptors (Lipinski definition) is 4. The Labute approximate surface area is 235 Å². The number of hydrogen-bond donors (Lipinski definition) is 0. The van der Waals surface area contributed by atoms with E-state index in [4.69, 9.17) is 20.4 Å². The van der Waals surface area contributed by atoms with Crippen LogP contribution >= 0.6 is 24.8 Å². The Morgan fingerprint density at radius 1 is 0.806 bits per heavy atom. The van der Waals surface area contributed by atoms with Crippen LogP contribution in [0.3, 0.4) is 0 Å². The van der Waals surface area contributed by atoms with Crippen molar-refractivity contribution in [3.05, 3.63) is 101 Å². The van der Waals surface area contributed by atoms with E-state index >= 15 is 0 Å². The Hall–Kier alpha value is -2.64. The molecule has 4 rings (SSSR count). The highest BCUT2D eigenvalue weighted by Gasteiger charge is 2.26. The van der Waals surface area contributed by atoms with Gasteiger partial charge in [0.2, 0.25) is 0 Å². The summed E-state index contributed by atoms with van der Waals surface area (Å²) in [6, 6.07) is 13.0. The van der Waals surface area contributed by atoms with Crippen molar-refractivity contribution in [2.45, 2.75) is 6.04 Å². The maximum atomic E-state index is 13.8. The highest BCUT2D eigenvalue weighted by molar-refractivity contribution is 5.85. The van der Waals surface area contributed by atoms with Crippen LogP contribution in [0.15, 0.2) is 72.8 Å². The Morgan fingerprint density at radius 3 is 1.83 bits per heavy atom. The van der Waals surface area contributed by atoms with Crippen molar-refractivity contribution in [1.29, 1.82) is 0 Å². The molecule has 0 unspecified atom stereocenters. The molecule has 1 heterocycles. The quantitative estimate of drug-likeness (QED) is 0.334. The molecular weight excluding hydrogens is 505 g/mol. The van der Waals surface area contributed by atoms with Gasteiger partial charge in [-0.2, -0.15) is 0 Å². The molecule has 1 aliphatic rings. The Bertz CT molecular complexity index is 1380. The average molecular weight is 546 g/mol. The molecule has 4 nitrogen and oxygen atoms in total. The summed E-state index contributed by atoms with van der Waals surface area (Å²) in [5.74, 6) is -0.311. The zero-order chi connectivity index (χ0) is 31.1. The highest BCUT2D eigenvalue weighted by Crippen LogP contribution is 2.30. The minimum atomic E-state index is -3.16. The molecule has 1 fully saturated rings. The van der Waals surface area contributed by atoms with E-state index < -0.39 is 50.2 Å². The average Bonchev–Trinajstić information content (AvgIpc) is 2.93. The molecule has 3 aromatic carbocycles. The molecule has 1 saturated heterocycles. The van der Waals surface area contributed by atoms with Crippen LogP contribution in [0.4, 0.5) is 8.78 Å². The molecule has 3 aromatic rings. The van der Waals surface area contributed by atoms with Crippen LogP contribution in [0.5, 0.6) is 11.5 Å². The lowest BCUT2D eigenvalue weighted by Gasteiger charge is -2.39. The Kier molecular flexibility index (Phi) is 7.67. The van der Waals surface area contributed by atoms with Crippen LogP contribution in [0.25, 0.3) is 6.08 Å². The van der Waals surface area contributed by atoms with Crippen molar-refractivity contribution in [3.63, 3.8) is 0 Å². The third-order valence-electron chi connectivity index (χ3n) is 5.25. The van der Waals surface area contributed by atoms with Gasteiger partial charge in [0.05, 0.1) is 20.3 Å². The van der Waals surface area contributed by atoms with Crippen molar-refractivity contribution in [1.82, 2.24) is 9.80 Å². The van der Waals surface area contributed by atoms with Gasteiger partial charge in [-0.3, -0.25) is 9.80 Å². The highest BCUT2D eigenvalue weighted by atomic mass is 35.5. The maximum absolute atomic E-state index is 13.8. The molecule has 0 saturated carbocycles. The standard InChI is InChI=1S/C28H30F2N2O2.2ClH/c1-33-26-14-5-21(20-27(26)34-2)4-3-15-31-16-18-32(19-17-31)28(22-6-10-24(29)11-7-22)23-8-12-25(30)13-9-23;;/h3-14,20,28H,15-19H2,1-2H3;2*1H/b4-3+;;/i16D2,17D2,18D2,19D2;;. The molecule has 0 amide bonds. The van der Waals surface area contributed by atoms with Crippen molar-refractivity contribution in [3.8, 4) is 11.5 Å². The van der Waals surface area contributed by atoms with Crippen molar-refractivity contribution in [2.75, 3.05) is 46.8 Å². The van der Waals surface area contributed by atoms with Gasteiger partial charge < -0.3 is 9.47 Å². The first-order chi connectivity index (χ1) is 19.6. The minimum absolute atomic E-state index is 0. The molecule has 0 aromatic heterocycles. The van der Waals surface area contributed by atoms with E-state index in [9.17, 15) is 8.78 Å². The normalized spacial score (nSPS) is 23.2. The molecule has 36 heavy (non-hydrogen) atoms. The summed E-state index contributed by atoms with van der Waals surface area (Å²) in [5.41, 5.74) is 0.916. The van der Waals surface area contributed by atoms with Gasteiger partial charge in [0.15, 0.2) is 11.5 Å². The van der Waals surface area contributed by atoms with Crippen LogP contribution in [0, 0.1) is 11.6 Å². The number of nitrogens with zero attached hydrogens (tertiary/aromatic N) is 2. The molecule has 0 spiro atoms. The molecule has 0 atom stereocenters. The van der Waals surface area contributed by atoms with E-state index in [1.165, 1.54) is 44.6 Å². The molecule has 0 N–H and O–H groups in total. The SMILES string of the molecule is Cl.Cl.[2H]C1([2H])N(C/C=C/c2ccc(OC)c(OC)c2)C([2H])([2H])C([2H])([2H])N(C(c2ccc(F)cc2)c2ccc(F)cc2)C1([2H])[2H]. The van der Waals surface area contributed by atoms with Gasteiger partial charge in [-0.05, 0) is 53.1 Å². The van der Waals surface area contributed by atoms with E-state index in [0.29, 0.717) is 26.9 Å². The smallest absolute Gasteiger partial charge is 0.161 e. The second-order valence-corrected chi connectivity index (χ2v) is 7.45. The van der Waals surface area contributed by atoms with Crippen molar-refractivity contribution < 1.29 is 29.2 Å². The summed E-state index contributed by atoms with van der Waals surface area (Å²) >= 11 is 0. The van der Waals surface area contributed by atoms with E-state index in [-0.39, 0.29) is 35.9 Å². The zero-order valence-electron chi connectivity index (χ0n) is 27.6. The lowest BCUT2D eigenvalue weighted by atomic mass is 9.96. The summed E-state index contributed by atoms with van der Waals surface area (Å²) in [6.45, 7) is -13.0. The maximum Gasteiger partial charge on any atom is 0.161 e. The number of benzene rings is 3. The fraction of sp³-hybridized carbons (Fsp3) is 0.286. The molecule has 194 valence electrons. The zero-order valence-corrected chi connectivity index (χ0v) is 21.2. The fourth-order valence-electron chi connectivity index (χ4n) is 3.54. The van der Waals surface area contributed by atoms with Crippen LogP contribution in [0.2, 0.25) is 0 Å². The summed E-state index contributed by atoms with van der Waals surface area (Å²) in [5, 5.41) is 0. The number of piperazine rings is 1. The van der Waals surface area contributed by atoms with Crippen LogP contribution in [-0.2, 0) is 0 Å². The van der Waals surface area contributed by atoms with Gasteiger partial charge in [-0.15, -0.1) is 24.8 Å². The number of ether oxygens (including phenoxy) is 2. The van der Waals surface area contributed by atoms with Gasteiger partial charge in [0.25, 0.3) is 0 Å². The first-order valence-corrected chi connectivity index (χ1v) is 10.6. The lowest BCUT2D eigenvalue weighted by Crippen LogP contribution is -2.47. The van der Waals surface area contributed by atoms with E-state index in [1.807, 2.05) is 0 Å².